The summed E-state index contributed by atoms with van der Waals surface area (Å²) >= 11 is 0. The molecule has 2 heterocycles. The van der Waals surface area contributed by atoms with Gasteiger partial charge >= 0.3 is 0 Å². The highest BCUT2D eigenvalue weighted by Gasteiger charge is 2.28. The Labute approximate surface area is 170 Å². The molecule has 0 spiro atoms. The number of nitrogens with zero attached hydrogens (tertiary/aromatic N) is 3. The number of amides is 1. The van der Waals surface area contributed by atoms with Gasteiger partial charge in [0.15, 0.2) is 0 Å². The normalized spacial score (nSPS) is 15.4. The average molecular weight is 410 g/mol. The molecule has 1 aliphatic rings. The van der Waals surface area contributed by atoms with Gasteiger partial charge in [-0.25, -0.2) is 13.1 Å². The molecule has 0 saturated carbocycles. The molecule has 2 aromatic carbocycles. The summed E-state index contributed by atoms with van der Waals surface area (Å²) in [7, 11) is -3.26. The number of aromatic nitrogens is 2. The smallest absolute Gasteiger partial charge is 0.251 e. The van der Waals surface area contributed by atoms with E-state index in [1.165, 1.54) is 4.31 Å². The van der Waals surface area contributed by atoms with Crippen LogP contribution in [0.4, 0.5) is 5.69 Å². The van der Waals surface area contributed by atoms with Crippen molar-refractivity contribution in [2.75, 3.05) is 23.1 Å². The molecule has 8 heteroatoms. The molecule has 0 unspecified atom stereocenters. The third kappa shape index (κ3) is 4.32. The highest BCUT2D eigenvalue weighted by molar-refractivity contribution is 7.93. The maximum atomic E-state index is 12.5. The van der Waals surface area contributed by atoms with Crippen molar-refractivity contribution in [2.24, 2.45) is 0 Å². The Balaban J connectivity index is 1.35. The number of hydrogen-bond acceptors (Lipinski definition) is 4. The molecule has 0 atom stereocenters. The van der Waals surface area contributed by atoms with Crippen molar-refractivity contribution in [3.05, 3.63) is 78.1 Å². The van der Waals surface area contributed by atoms with Gasteiger partial charge in [-0.3, -0.25) is 9.10 Å². The molecule has 7 nitrogen and oxygen atoms in total. The fourth-order valence-corrected chi connectivity index (χ4v) is 4.95. The van der Waals surface area contributed by atoms with Gasteiger partial charge in [0, 0.05) is 31.0 Å². The van der Waals surface area contributed by atoms with Crippen LogP contribution < -0.4 is 9.62 Å². The number of anilines is 1. The summed E-state index contributed by atoms with van der Waals surface area (Å²) < 4.78 is 27.4. The van der Waals surface area contributed by atoms with Crippen LogP contribution in [-0.2, 0) is 16.4 Å². The Hall–Kier alpha value is -3.13. The zero-order chi connectivity index (χ0) is 20.3. The summed E-state index contributed by atoms with van der Waals surface area (Å²) in [6, 6.07) is 16.7. The van der Waals surface area contributed by atoms with Gasteiger partial charge in [-0.1, -0.05) is 18.2 Å². The van der Waals surface area contributed by atoms with E-state index in [1.807, 2.05) is 36.5 Å². The van der Waals surface area contributed by atoms with Gasteiger partial charge in [-0.05, 0) is 54.8 Å². The highest BCUT2D eigenvalue weighted by Crippen LogP contribution is 2.24. The van der Waals surface area contributed by atoms with Crippen LogP contribution in [0.5, 0.6) is 0 Å². The first-order valence-corrected chi connectivity index (χ1v) is 11.1. The first-order valence-electron chi connectivity index (χ1n) is 9.51. The van der Waals surface area contributed by atoms with Crippen LogP contribution in [0, 0.1) is 0 Å². The fraction of sp³-hybridized carbons (Fsp3) is 0.238. The molecule has 150 valence electrons. The van der Waals surface area contributed by atoms with Crippen molar-refractivity contribution in [2.45, 2.75) is 12.8 Å². The summed E-state index contributed by atoms with van der Waals surface area (Å²) in [4.78, 5) is 12.5. The first kappa shape index (κ1) is 19.2. The molecule has 29 heavy (non-hydrogen) atoms. The monoisotopic (exact) mass is 410 g/mol. The molecule has 1 fully saturated rings. The van der Waals surface area contributed by atoms with Crippen LogP contribution in [0.15, 0.2) is 67.0 Å². The van der Waals surface area contributed by atoms with Crippen molar-refractivity contribution < 1.29 is 13.2 Å². The van der Waals surface area contributed by atoms with E-state index in [4.69, 9.17) is 0 Å². The first-order chi connectivity index (χ1) is 14.0. The Morgan fingerprint density at radius 1 is 1.07 bits per heavy atom. The summed E-state index contributed by atoms with van der Waals surface area (Å²) in [5, 5.41) is 7.10. The van der Waals surface area contributed by atoms with Gasteiger partial charge in [0.05, 0.1) is 17.1 Å². The topological polar surface area (TPSA) is 84.3 Å². The minimum Gasteiger partial charge on any atom is -0.352 e. The quantitative estimate of drug-likeness (QED) is 0.676. The molecular weight excluding hydrogens is 388 g/mol. The van der Waals surface area contributed by atoms with E-state index in [0.29, 0.717) is 37.2 Å². The molecule has 1 aliphatic heterocycles. The Kier molecular flexibility index (Phi) is 5.35. The SMILES string of the molecule is O=C(NCCc1ccc(-n2cccn2)cc1)c1cccc(N2CCCS2(=O)=O)c1. The molecule has 0 aliphatic carbocycles. The van der Waals surface area contributed by atoms with Crippen molar-refractivity contribution >= 4 is 21.6 Å². The second kappa shape index (κ2) is 8.08. The summed E-state index contributed by atoms with van der Waals surface area (Å²) in [5.41, 5.74) is 3.09. The second-order valence-corrected chi connectivity index (χ2v) is 8.93. The Bertz CT molecular complexity index is 1090. The fourth-order valence-electron chi connectivity index (χ4n) is 3.39. The van der Waals surface area contributed by atoms with Gasteiger partial charge in [0.2, 0.25) is 10.0 Å². The van der Waals surface area contributed by atoms with Gasteiger partial charge in [-0.15, -0.1) is 0 Å². The molecule has 1 amide bonds. The zero-order valence-electron chi connectivity index (χ0n) is 15.9. The number of hydrogen-bond donors (Lipinski definition) is 1. The van der Waals surface area contributed by atoms with E-state index < -0.39 is 10.0 Å². The minimum atomic E-state index is -3.26. The molecular formula is C21H22N4O3S. The van der Waals surface area contributed by atoms with Crippen LogP contribution in [0.1, 0.15) is 22.3 Å². The van der Waals surface area contributed by atoms with Crippen molar-refractivity contribution in [1.82, 2.24) is 15.1 Å². The lowest BCUT2D eigenvalue weighted by molar-refractivity contribution is 0.0954. The van der Waals surface area contributed by atoms with Crippen LogP contribution in [0.2, 0.25) is 0 Å². The summed E-state index contributed by atoms with van der Waals surface area (Å²) in [6.07, 6.45) is 4.93. The number of benzene rings is 2. The van der Waals surface area contributed by atoms with Crippen LogP contribution in [0.3, 0.4) is 0 Å². The van der Waals surface area contributed by atoms with E-state index in [0.717, 1.165) is 11.3 Å². The van der Waals surface area contributed by atoms with E-state index in [-0.39, 0.29) is 11.7 Å². The van der Waals surface area contributed by atoms with Crippen LogP contribution in [-0.4, -0.2) is 42.9 Å². The predicted octanol–water partition coefficient (Wildman–Crippen LogP) is 2.38. The maximum Gasteiger partial charge on any atom is 0.251 e. The summed E-state index contributed by atoms with van der Waals surface area (Å²) in [5.74, 6) is -0.0561. The second-order valence-electron chi connectivity index (χ2n) is 6.92. The number of carbonyl (C=O) groups is 1. The lowest BCUT2D eigenvalue weighted by atomic mass is 10.1. The molecule has 3 aromatic rings. The third-order valence-corrected chi connectivity index (χ3v) is 6.77. The number of nitrogens with one attached hydrogen (secondary N) is 1. The molecule has 4 rings (SSSR count). The van der Waals surface area contributed by atoms with E-state index in [2.05, 4.69) is 10.4 Å². The maximum absolute atomic E-state index is 12.5. The molecule has 0 radical (unpaired) electrons. The standard InChI is InChI=1S/C21H22N4O3S/c26-21(18-4-1-5-20(16-18)25-14-3-15-29(25,27)28)22-12-10-17-6-8-19(9-7-17)24-13-2-11-23-24/h1-2,4-9,11,13,16H,3,10,12,14-15H2,(H,22,26). The number of sulfonamides is 1. The van der Waals surface area contributed by atoms with Crippen LogP contribution in [0.25, 0.3) is 5.69 Å². The van der Waals surface area contributed by atoms with Crippen molar-refractivity contribution in [1.29, 1.82) is 0 Å². The molecule has 0 bridgehead atoms. The average Bonchev–Trinajstić information content (AvgIpc) is 3.38. The van der Waals surface area contributed by atoms with Gasteiger partial charge in [0.25, 0.3) is 5.91 Å². The summed E-state index contributed by atoms with van der Waals surface area (Å²) in [6.45, 7) is 0.953. The van der Waals surface area contributed by atoms with E-state index in [9.17, 15) is 13.2 Å². The predicted molar refractivity (Wildman–Crippen MR) is 112 cm³/mol. The van der Waals surface area contributed by atoms with Crippen molar-refractivity contribution in [3.63, 3.8) is 0 Å². The molecule has 1 aromatic heterocycles. The minimum absolute atomic E-state index is 0.155. The number of carbonyl (C=O) groups excluding carboxylic acids is 1. The Morgan fingerprint density at radius 3 is 2.59 bits per heavy atom. The van der Waals surface area contributed by atoms with Gasteiger partial charge in [-0.2, -0.15) is 5.10 Å². The molecule has 1 saturated heterocycles. The third-order valence-electron chi connectivity index (χ3n) is 4.90. The lowest BCUT2D eigenvalue weighted by Gasteiger charge is -2.17. The number of rotatable bonds is 6. The van der Waals surface area contributed by atoms with E-state index in [1.54, 1.807) is 35.1 Å². The van der Waals surface area contributed by atoms with Crippen molar-refractivity contribution in [3.8, 4) is 5.69 Å². The van der Waals surface area contributed by atoms with Gasteiger partial charge in [0.1, 0.15) is 0 Å². The molecule has 1 N–H and O–H groups in total. The lowest BCUT2D eigenvalue weighted by Crippen LogP contribution is -2.27. The largest absolute Gasteiger partial charge is 0.352 e. The highest BCUT2D eigenvalue weighted by atomic mass is 32.2. The Morgan fingerprint density at radius 2 is 1.90 bits per heavy atom. The zero-order valence-corrected chi connectivity index (χ0v) is 16.7. The van der Waals surface area contributed by atoms with E-state index >= 15 is 0 Å². The van der Waals surface area contributed by atoms with Gasteiger partial charge < -0.3 is 5.32 Å². The van der Waals surface area contributed by atoms with Crippen LogP contribution >= 0.6 is 0 Å².